The summed E-state index contributed by atoms with van der Waals surface area (Å²) in [5, 5.41) is 2.96. The first-order valence-electron chi connectivity index (χ1n) is 8.61. The lowest BCUT2D eigenvalue weighted by Gasteiger charge is -2.14. The summed E-state index contributed by atoms with van der Waals surface area (Å²) >= 11 is 0. The zero-order chi connectivity index (χ0) is 17.5. The van der Waals surface area contributed by atoms with Gasteiger partial charge in [-0.3, -0.25) is 14.5 Å². The van der Waals surface area contributed by atoms with Crippen LogP contribution in [0.3, 0.4) is 0 Å². The average Bonchev–Trinajstić information content (AvgIpc) is 3.09. The number of amides is 1. The zero-order valence-corrected chi connectivity index (χ0v) is 14.2. The summed E-state index contributed by atoms with van der Waals surface area (Å²) in [7, 11) is 0. The van der Waals surface area contributed by atoms with Crippen molar-refractivity contribution in [2.24, 2.45) is 5.92 Å². The molecule has 0 aliphatic carbocycles. The Labute approximate surface area is 147 Å². The Kier molecular flexibility index (Phi) is 5.80. The second-order valence-corrected chi connectivity index (χ2v) is 6.38. The standard InChI is InChI=1S/C20H23N3O2/c24-19-9-8-18(14-21-19)20(25)22-13-17-10-12-23(15-17)11-4-7-16-5-2-1-3-6-16/h1-9,14,17H,10-13,15H2,(H,21,24)(H,22,25)/b7-4+/t17-/m1/s1. The predicted octanol–water partition coefficient (Wildman–Crippen LogP) is 2.14. The number of carbonyl (C=O) groups excluding carboxylic acids is 1. The average molecular weight is 337 g/mol. The molecule has 1 aromatic carbocycles. The fourth-order valence-corrected chi connectivity index (χ4v) is 3.04. The predicted molar refractivity (Wildman–Crippen MR) is 99.4 cm³/mol. The van der Waals surface area contributed by atoms with E-state index in [9.17, 15) is 9.59 Å². The lowest BCUT2D eigenvalue weighted by molar-refractivity contribution is 0.0947. The first-order chi connectivity index (χ1) is 12.2. The quantitative estimate of drug-likeness (QED) is 0.849. The maximum absolute atomic E-state index is 12.1. The number of carbonyl (C=O) groups is 1. The number of aromatic amines is 1. The monoisotopic (exact) mass is 337 g/mol. The second kappa shape index (κ2) is 8.44. The van der Waals surface area contributed by atoms with Gasteiger partial charge < -0.3 is 10.3 Å². The van der Waals surface area contributed by atoms with Crippen molar-refractivity contribution in [3.63, 3.8) is 0 Å². The van der Waals surface area contributed by atoms with Crippen molar-refractivity contribution < 1.29 is 4.79 Å². The van der Waals surface area contributed by atoms with Crippen LogP contribution >= 0.6 is 0 Å². The number of aromatic nitrogens is 1. The van der Waals surface area contributed by atoms with Gasteiger partial charge in [-0.2, -0.15) is 0 Å². The van der Waals surface area contributed by atoms with E-state index in [0.29, 0.717) is 18.0 Å². The maximum Gasteiger partial charge on any atom is 0.252 e. The third-order valence-corrected chi connectivity index (χ3v) is 4.44. The Bertz CT molecular complexity index is 763. The Morgan fingerprint density at radius 2 is 2.08 bits per heavy atom. The van der Waals surface area contributed by atoms with Gasteiger partial charge in [-0.25, -0.2) is 0 Å². The molecule has 1 aromatic heterocycles. The molecular formula is C20H23N3O2. The third kappa shape index (κ3) is 5.16. The highest BCUT2D eigenvalue weighted by Gasteiger charge is 2.22. The van der Waals surface area contributed by atoms with Gasteiger partial charge in [0.25, 0.3) is 5.91 Å². The van der Waals surface area contributed by atoms with Gasteiger partial charge in [0, 0.05) is 31.9 Å². The van der Waals surface area contributed by atoms with Gasteiger partial charge >= 0.3 is 0 Å². The maximum atomic E-state index is 12.1. The number of likely N-dealkylation sites (tertiary alicyclic amines) is 1. The van der Waals surface area contributed by atoms with E-state index in [2.05, 4.69) is 39.5 Å². The van der Waals surface area contributed by atoms with Crippen LogP contribution in [0, 0.1) is 5.92 Å². The number of rotatable bonds is 6. The number of hydrogen-bond acceptors (Lipinski definition) is 3. The molecule has 1 amide bonds. The van der Waals surface area contributed by atoms with Gasteiger partial charge in [0.1, 0.15) is 0 Å². The highest BCUT2D eigenvalue weighted by atomic mass is 16.1. The molecule has 0 spiro atoms. The molecule has 5 heteroatoms. The van der Waals surface area contributed by atoms with Crippen molar-refractivity contribution in [1.29, 1.82) is 0 Å². The largest absolute Gasteiger partial charge is 0.352 e. The SMILES string of the molecule is O=C(NC[C@H]1CCN(C/C=C/c2ccccc2)C1)c1ccc(=O)[nH]c1. The minimum Gasteiger partial charge on any atom is -0.352 e. The van der Waals surface area contributed by atoms with Crippen molar-refractivity contribution in [1.82, 2.24) is 15.2 Å². The lowest BCUT2D eigenvalue weighted by Crippen LogP contribution is -2.31. The number of hydrogen-bond donors (Lipinski definition) is 2. The molecule has 0 bridgehead atoms. The third-order valence-electron chi connectivity index (χ3n) is 4.44. The minimum absolute atomic E-state index is 0.140. The van der Waals surface area contributed by atoms with Crippen LogP contribution in [0.1, 0.15) is 22.3 Å². The van der Waals surface area contributed by atoms with E-state index < -0.39 is 0 Å². The van der Waals surface area contributed by atoms with Gasteiger partial charge in [-0.1, -0.05) is 42.5 Å². The highest BCUT2D eigenvalue weighted by Crippen LogP contribution is 2.15. The smallest absolute Gasteiger partial charge is 0.252 e. The van der Waals surface area contributed by atoms with Crippen molar-refractivity contribution in [2.45, 2.75) is 6.42 Å². The number of pyridine rings is 1. The summed E-state index contributed by atoms with van der Waals surface area (Å²) < 4.78 is 0. The molecule has 5 nitrogen and oxygen atoms in total. The highest BCUT2D eigenvalue weighted by molar-refractivity contribution is 5.93. The molecule has 2 aromatic rings. The van der Waals surface area contributed by atoms with Gasteiger partial charge in [-0.05, 0) is 30.5 Å². The normalized spacial score (nSPS) is 17.8. The second-order valence-electron chi connectivity index (χ2n) is 6.38. The van der Waals surface area contributed by atoms with Crippen LogP contribution in [0.5, 0.6) is 0 Å². The lowest BCUT2D eigenvalue weighted by atomic mass is 10.1. The van der Waals surface area contributed by atoms with Crippen LogP contribution in [-0.2, 0) is 0 Å². The van der Waals surface area contributed by atoms with Gasteiger partial charge in [0.05, 0.1) is 5.56 Å². The Balaban J connectivity index is 1.41. The fraction of sp³-hybridized carbons (Fsp3) is 0.300. The molecule has 1 atom stereocenters. The number of H-pyrrole nitrogens is 1. The van der Waals surface area contributed by atoms with Gasteiger partial charge in [-0.15, -0.1) is 0 Å². The Morgan fingerprint density at radius 3 is 2.84 bits per heavy atom. The van der Waals surface area contributed by atoms with E-state index in [1.54, 1.807) is 6.07 Å². The molecule has 3 rings (SSSR count). The molecule has 2 N–H and O–H groups in total. The Morgan fingerprint density at radius 1 is 1.24 bits per heavy atom. The minimum atomic E-state index is -0.202. The van der Waals surface area contributed by atoms with Crippen LogP contribution in [0.2, 0.25) is 0 Å². The summed E-state index contributed by atoms with van der Waals surface area (Å²) in [6.07, 6.45) is 6.87. The van der Waals surface area contributed by atoms with Crippen LogP contribution in [0.15, 0.2) is 59.5 Å². The van der Waals surface area contributed by atoms with Crippen LogP contribution in [0.25, 0.3) is 6.08 Å². The molecule has 0 saturated carbocycles. The topological polar surface area (TPSA) is 65.2 Å². The summed E-state index contributed by atoms with van der Waals surface area (Å²) in [5.74, 6) is 0.329. The van der Waals surface area contributed by atoms with E-state index in [1.165, 1.54) is 17.8 Å². The fourth-order valence-electron chi connectivity index (χ4n) is 3.04. The molecule has 1 aliphatic heterocycles. The van der Waals surface area contributed by atoms with Crippen LogP contribution in [0.4, 0.5) is 0 Å². The molecular weight excluding hydrogens is 314 g/mol. The molecule has 130 valence electrons. The van der Waals surface area contributed by atoms with E-state index in [0.717, 1.165) is 26.1 Å². The molecule has 0 radical (unpaired) electrons. The number of nitrogens with one attached hydrogen (secondary N) is 2. The summed E-state index contributed by atoms with van der Waals surface area (Å²) in [6, 6.07) is 13.2. The van der Waals surface area contributed by atoms with E-state index >= 15 is 0 Å². The van der Waals surface area contributed by atoms with Gasteiger partial charge in [0.15, 0.2) is 0 Å². The first-order valence-corrected chi connectivity index (χ1v) is 8.61. The van der Waals surface area contributed by atoms with Gasteiger partial charge in [0.2, 0.25) is 5.56 Å². The van der Waals surface area contributed by atoms with Crippen LogP contribution < -0.4 is 10.9 Å². The van der Waals surface area contributed by atoms with E-state index in [1.807, 2.05) is 18.2 Å². The van der Waals surface area contributed by atoms with E-state index in [4.69, 9.17) is 0 Å². The van der Waals surface area contributed by atoms with E-state index in [-0.39, 0.29) is 11.5 Å². The Hall–Kier alpha value is -2.66. The zero-order valence-electron chi connectivity index (χ0n) is 14.2. The van der Waals surface area contributed by atoms with Crippen molar-refractivity contribution >= 4 is 12.0 Å². The number of benzene rings is 1. The first kappa shape index (κ1) is 17.2. The summed E-state index contributed by atoms with van der Waals surface area (Å²) in [4.78, 5) is 28.0. The molecule has 1 fully saturated rings. The number of nitrogens with zero attached hydrogens (tertiary/aromatic N) is 1. The molecule has 1 aliphatic rings. The molecule has 1 saturated heterocycles. The summed E-state index contributed by atoms with van der Waals surface area (Å²) in [6.45, 7) is 3.64. The summed E-state index contributed by atoms with van der Waals surface area (Å²) in [5.41, 5.74) is 1.50. The molecule has 2 heterocycles. The van der Waals surface area contributed by atoms with Crippen LogP contribution in [-0.4, -0.2) is 42.0 Å². The molecule has 25 heavy (non-hydrogen) atoms. The molecule has 0 unspecified atom stereocenters. The van der Waals surface area contributed by atoms with Crippen molar-refractivity contribution in [2.75, 3.05) is 26.2 Å². The van der Waals surface area contributed by atoms with Crippen molar-refractivity contribution in [3.8, 4) is 0 Å². The van der Waals surface area contributed by atoms with Crippen molar-refractivity contribution in [3.05, 3.63) is 76.2 Å².